The van der Waals surface area contributed by atoms with Crippen molar-refractivity contribution in [1.82, 2.24) is 10.7 Å². The average Bonchev–Trinajstić information content (AvgIpc) is 2.88. The Labute approximate surface area is 207 Å². The molecule has 2 amide bonds. The van der Waals surface area contributed by atoms with Crippen LogP contribution in [0.25, 0.3) is 6.08 Å². The number of hydrazone groups is 1. The molecule has 3 rings (SSSR count). The van der Waals surface area contributed by atoms with Gasteiger partial charge in [0.1, 0.15) is 11.5 Å². The van der Waals surface area contributed by atoms with Gasteiger partial charge in [-0.25, -0.2) is 10.2 Å². The third kappa shape index (κ3) is 8.45. The van der Waals surface area contributed by atoms with Crippen molar-refractivity contribution in [2.45, 2.75) is 0 Å². The molecule has 0 aromatic heterocycles. The number of carbonyl (C=O) groups is 3. The second-order valence-electron chi connectivity index (χ2n) is 7.08. The van der Waals surface area contributed by atoms with E-state index in [4.69, 9.17) is 21.1 Å². The second-order valence-corrected chi connectivity index (χ2v) is 7.52. The van der Waals surface area contributed by atoms with Gasteiger partial charge in [-0.2, -0.15) is 5.10 Å². The quantitative estimate of drug-likeness (QED) is 0.155. The standard InChI is InChI=1S/C26H22ClN3O5/c1-34-22-11-2-18(3-12-22)6-15-25(32)35-23-13-4-19(5-14-23)16-29-30-24(31)17-28-26(33)20-7-9-21(27)10-8-20/h2-16H,17H2,1H3,(H,28,33)(H,30,31). The van der Waals surface area contributed by atoms with E-state index in [0.717, 1.165) is 11.3 Å². The molecule has 0 atom stereocenters. The molecule has 3 aromatic carbocycles. The molecule has 0 aliphatic heterocycles. The molecule has 0 saturated heterocycles. The lowest BCUT2D eigenvalue weighted by Gasteiger charge is -2.04. The number of ether oxygens (including phenoxy) is 2. The van der Waals surface area contributed by atoms with Crippen LogP contribution in [0.15, 0.2) is 84.0 Å². The molecule has 0 radical (unpaired) electrons. The highest BCUT2D eigenvalue weighted by Gasteiger charge is 2.07. The van der Waals surface area contributed by atoms with Crippen molar-refractivity contribution in [2.24, 2.45) is 5.10 Å². The molecule has 3 aromatic rings. The first-order valence-corrected chi connectivity index (χ1v) is 10.8. The van der Waals surface area contributed by atoms with Gasteiger partial charge in [-0.3, -0.25) is 9.59 Å². The summed E-state index contributed by atoms with van der Waals surface area (Å²) in [6.07, 6.45) is 4.40. The number of rotatable bonds is 9. The first-order chi connectivity index (χ1) is 16.9. The maximum atomic E-state index is 12.0. The molecule has 0 spiro atoms. The zero-order chi connectivity index (χ0) is 25.0. The number of esters is 1. The highest BCUT2D eigenvalue weighted by molar-refractivity contribution is 6.30. The van der Waals surface area contributed by atoms with Crippen molar-refractivity contribution in [1.29, 1.82) is 0 Å². The second kappa shape index (κ2) is 12.7. The maximum absolute atomic E-state index is 12.0. The fourth-order valence-electron chi connectivity index (χ4n) is 2.73. The van der Waals surface area contributed by atoms with Crippen molar-refractivity contribution in [3.05, 3.63) is 101 Å². The monoisotopic (exact) mass is 491 g/mol. The van der Waals surface area contributed by atoms with Gasteiger partial charge in [-0.05, 0) is 77.9 Å². The van der Waals surface area contributed by atoms with Crippen LogP contribution in [0.3, 0.4) is 0 Å². The fourth-order valence-corrected chi connectivity index (χ4v) is 2.86. The van der Waals surface area contributed by atoms with Crippen LogP contribution in [-0.4, -0.2) is 37.7 Å². The molecule has 35 heavy (non-hydrogen) atoms. The first kappa shape index (κ1) is 25.2. The van der Waals surface area contributed by atoms with E-state index in [0.29, 0.717) is 21.9 Å². The maximum Gasteiger partial charge on any atom is 0.336 e. The normalized spacial score (nSPS) is 10.8. The summed E-state index contributed by atoms with van der Waals surface area (Å²) in [5, 5.41) is 6.85. The van der Waals surface area contributed by atoms with Gasteiger partial charge in [0.15, 0.2) is 0 Å². The number of nitrogens with one attached hydrogen (secondary N) is 2. The fraction of sp³-hybridized carbons (Fsp3) is 0.0769. The molecule has 0 fully saturated rings. The molecule has 9 heteroatoms. The average molecular weight is 492 g/mol. The smallest absolute Gasteiger partial charge is 0.336 e. The zero-order valence-corrected chi connectivity index (χ0v) is 19.5. The minimum absolute atomic E-state index is 0.238. The summed E-state index contributed by atoms with van der Waals surface area (Å²) in [5.41, 5.74) is 4.22. The summed E-state index contributed by atoms with van der Waals surface area (Å²) >= 11 is 5.78. The minimum atomic E-state index is -0.518. The largest absolute Gasteiger partial charge is 0.497 e. The van der Waals surface area contributed by atoms with Crippen LogP contribution in [0, 0.1) is 0 Å². The number of hydrogen-bond acceptors (Lipinski definition) is 6. The van der Waals surface area contributed by atoms with Gasteiger partial charge in [-0.15, -0.1) is 0 Å². The third-order valence-corrected chi connectivity index (χ3v) is 4.80. The predicted molar refractivity (Wildman–Crippen MR) is 134 cm³/mol. The number of benzene rings is 3. The lowest BCUT2D eigenvalue weighted by molar-refractivity contribution is -0.129. The Morgan fingerprint density at radius 3 is 2.17 bits per heavy atom. The Morgan fingerprint density at radius 2 is 1.51 bits per heavy atom. The van der Waals surface area contributed by atoms with E-state index < -0.39 is 17.8 Å². The summed E-state index contributed by atoms with van der Waals surface area (Å²) in [4.78, 5) is 35.9. The van der Waals surface area contributed by atoms with Gasteiger partial charge in [0, 0.05) is 16.7 Å². The Morgan fingerprint density at radius 1 is 0.886 bits per heavy atom. The summed E-state index contributed by atoms with van der Waals surface area (Å²) in [5.74, 6) is -0.313. The first-order valence-electron chi connectivity index (χ1n) is 10.4. The van der Waals surface area contributed by atoms with Crippen LogP contribution < -0.4 is 20.2 Å². The van der Waals surface area contributed by atoms with E-state index in [1.807, 2.05) is 12.1 Å². The molecule has 0 saturated carbocycles. The molecular formula is C26H22ClN3O5. The minimum Gasteiger partial charge on any atom is -0.497 e. The van der Waals surface area contributed by atoms with E-state index in [9.17, 15) is 14.4 Å². The number of amides is 2. The van der Waals surface area contributed by atoms with Crippen LogP contribution >= 0.6 is 11.6 Å². The van der Waals surface area contributed by atoms with Crippen LogP contribution in [0.2, 0.25) is 5.02 Å². The highest BCUT2D eigenvalue weighted by Crippen LogP contribution is 2.14. The Kier molecular flexibility index (Phi) is 9.15. The van der Waals surface area contributed by atoms with Crippen LogP contribution in [0.5, 0.6) is 11.5 Å². The molecule has 0 aliphatic carbocycles. The van der Waals surface area contributed by atoms with Crippen molar-refractivity contribution in [3.63, 3.8) is 0 Å². The summed E-state index contributed by atoms with van der Waals surface area (Å²) in [6, 6.07) is 20.1. The molecule has 2 N–H and O–H groups in total. The Balaban J connectivity index is 1.41. The van der Waals surface area contributed by atoms with Crippen molar-refractivity contribution in [3.8, 4) is 11.5 Å². The molecule has 8 nitrogen and oxygen atoms in total. The summed E-state index contributed by atoms with van der Waals surface area (Å²) < 4.78 is 10.4. The van der Waals surface area contributed by atoms with Gasteiger partial charge in [0.25, 0.3) is 11.8 Å². The SMILES string of the molecule is COc1ccc(C=CC(=O)Oc2ccc(C=NNC(=O)CNC(=O)c3ccc(Cl)cc3)cc2)cc1. The molecule has 0 heterocycles. The zero-order valence-electron chi connectivity index (χ0n) is 18.7. The van der Waals surface area contributed by atoms with E-state index in [1.165, 1.54) is 12.3 Å². The van der Waals surface area contributed by atoms with Crippen LogP contribution in [0.1, 0.15) is 21.5 Å². The molecule has 0 aliphatic rings. The van der Waals surface area contributed by atoms with Gasteiger partial charge in [0.05, 0.1) is 19.9 Å². The summed E-state index contributed by atoms with van der Waals surface area (Å²) in [7, 11) is 1.59. The number of hydrogen-bond donors (Lipinski definition) is 2. The van der Waals surface area contributed by atoms with Gasteiger partial charge >= 0.3 is 5.97 Å². The number of halogens is 1. The highest BCUT2D eigenvalue weighted by atomic mass is 35.5. The van der Waals surface area contributed by atoms with E-state index in [1.54, 1.807) is 73.8 Å². The van der Waals surface area contributed by atoms with E-state index in [-0.39, 0.29) is 6.54 Å². The molecule has 0 bridgehead atoms. The topological polar surface area (TPSA) is 106 Å². The number of carbonyl (C=O) groups excluding carboxylic acids is 3. The van der Waals surface area contributed by atoms with Crippen LogP contribution in [0.4, 0.5) is 0 Å². The predicted octanol–water partition coefficient (Wildman–Crippen LogP) is 3.85. The molecule has 0 unspecified atom stereocenters. The Bertz CT molecular complexity index is 1220. The third-order valence-electron chi connectivity index (χ3n) is 4.54. The van der Waals surface area contributed by atoms with Crippen LogP contribution in [-0.2, 0) is 9.59 Å². The molecular weight excluding hydrogens is 470 g/mol. The van der Waals surface area contributed by atoms with Gasteiger partial charge in [0.2, 0.25) is 0 Å². The van der Waals surface area contributed by atoms with Crippen molar-refractivity contribution < 1.29 is 23.9 Å². The van der Waals surface area contributed by atoms with Crippen molar-refractivity contribution >= 4 is 41.7 Å². The van der Waals surface area contributed by atoms with E-state index in [2.05, 4.69) is 15.8 Å². The van der Waals surface area contributed by atoms with Gasteiger partial charge in [-0.1, -0.05) is 23.7 Å². The number of nitrogens with zero attached hydrogens (tertiary/aromatic N) is 1. The van der Waals surface area contributed by atoms with E-state index >= 15 is 0 Å². The summed E-state index contributed by atoms with van der Waals surface area (Å²) in [6.45, 7) is -0.238. The Hall–Kier alpha value is -4.43. The van der Waals surface area contributed by atoms with Gasteiger partial charge < -0.3 is 14.8 Å². The lowest BCUT2D eigenvalue weighted by Crippen LogP contribution is -2.34. The number of methoxy groups -OCH3 is 1. The van der Waals surface area contributed by atoms with Crippen molar-refractivity contribution in [2.75, 3.05) is 13.7 Å². The lowest BCUT2D eigenvalue weighted by atomic mass is 10.2. The molecule has 178 valence electrons.